The van der Waals surface area contributed by atoms with Crippen molar-refractivity contribution < 1.29 is 4.74 Å². The normalized spacial score (nSPS) is 16.0. The average molecular weight is 874 g/mol. The largest absolute Gasteiger partial charge is 0.382 e. The molecule has 0 fully saturated rings. The molecule has 374 valence electrons. The maximum Gasteiger partial charge on any atom is 0.0471 e. The van der Waals surface area contributed by atoms with Gasteiger partial charge in [0.25, 0.3) is 0 Å². The van der Waals surface area contributed by atoms with E-state index in [1.807, 2.05) is 0 Å². The van der Waals surface area contributed by atoms with Crippen LogP contribution >= 0.6 is 0 Å². The minimum absolute atomic E-state index is 0.314. The summed E-state index contributed by atoms with van der Waals surface area (Å²) in [5.74, 6) is 7.41. The van der Waals surface area contributed by atoms with Gasteiger partial charge < -0.3 is 4.74 Å². The average Bonchev–Trinajstić information content (AvgIpc) is 3.19. The lowest BCUT2D eigenvalue weighted by atomic mass is 9.39. The highest BCUT2D eigenvalue weighted by Gasteiger charge is 2.61. The summed E-state index contributed by atoms with van der Waals surface area (Å²) < 4.78 is 6.32. The summed E-state index contributed by atoms with van der Waals surface area (Å²) in [6.07, 6.45) is 42.2. The zero-order chi connectivity index (χ0) is 47.0. The second-order valence-electron chi connectivity index (χ2n) is 24.5. The van der Waals surface area contributed by atoms with Crippen LogP contribution in [0.25, 0.3) is 0 Å². The van der Waals surface area contributed by atoms with Crippen LogP contribution in [0.1, 0.15) is 310 Å². The van der Waals surface area contributed by atoms with Gasteiger partial charge in [0.1, 0.15) is 0 Å². The monoisotopic (exact) mass is 873 g/mol. The smallest absolute Gasteiger partial charge is 0.0471 e. The molecule has 0 spiro atoms. The van der Waals surface area contributed by atoms with Gasteiger partial charge in [0.2, 0.25) is 0 Å². The van der Waals surface area contributed by atoms with E-state index in [1.165, 1.54) is 193 Å². The van der Waals surface area contributed by atoms with Gasteiger partial charge >= 0.3 is 0 Å². The van der Waals surface area contributed by atoms with Gasteiger partial charge in [0, 0.05) is 13.2 Å². The lowest BCUT2D eigenvalue weighted by Gasteiger charge is -2.66. The van der Waals surface area contributed by atoms with Crippen molar-refractivity contribution >= 4 is 0 Å². The highest BCUT2D eigenvalue weighted by Crippen LogP contribution is 2.69. The quantitative estimate of drug-likeness (QED) is 0.0554. The van der Waals surface area contributed by atoms with Crippen LogP contribution in [0.2, 0.25) is 0 Å². The Bertz CT molecular complexity index is 962. The van der Waals surface area contributed by atoms with Crippen molar-refractivity contribution in [2.75, 3.05) is 13.2 Å². The number of hydrogen-bond donors (Lipinski definition) is 0. The van der Waals surface area contributed by atoms with Gasteiger partial charge in [-0.25, -0.2) is 0 Å². The second kappa shape index (κ2) is 36.1. The maximum absolute atomic E-state index is 6.32. The predicted molar refractivity (Wildman–Crippen MR) is 284 cm³/mol. The van der Waals surface area contributed by atoms with E-state index in [-0.39, 0.29) is 0 Å². The first-order valence-electron chi connectivity index (χ1n) is 29.0. The molecule has 0 aromatic carbocycles. The molecular formula is C61H124O. The lowest BCUT2D eigenvalue weighted by molar-refractivity contribution is -0.174. The van der Waals surface area contributed by atoms with Gasteiger partial charge in [-0.2, -0.15) is 0 Å². The molecule has 0 aromatic rings. The van der Waals surface area contributed by atoms with Gasteiger partial charge in [0.05, 0.1) is 0 Å². The minimum Gasteiger partial charge on any atom is -0.382 e. The summed E-state index contributed by atoms with van der Waals surface area (Å²) >= 11 is 0. The fraction of sp³-hybridized carbons (Fsp3) is 1.00. The Morgan fingerprint density at radius 3 is 1.05 bits per heavy atom. The molecule has 0 aliphatic heterocycles. The van der Waals surface area contributed by atoms with E-state index in [2.05, 4.69) is 118 Å². The molecule has 0 aromatic heterocycles. The Hall–Kier alpha value is -0.0400. The van der Waals surface area contributed by atoms with Crippen LogP contribution in [-0.2, 0) is 4.74 Å². The summed E-state index contributed by atoms with van der Waals surface area (Å²) in [4.78, 5) is 0. The van der Waals surface area contributed by atoms with Crippen LogP contribution in [0.5, 0.6) is 0 Å². The first kappa shape index (κ1) is 62.0. The zero-order valence-electron chi connectivity index (χ0n) is 46.7. The van der Waals surface area contributed by atoms with Crippen molar-refractivity contribution in [3.05, 3.63) is 0 Å². The molecule has 5 atom stereocenters. The Kier molecular flexibility index (Phi) is 36.0. The summed E-state index contributed by atoms with van der Waals surface area (Å²) in [7, 11) is 0. The molecule has 1 heteroatoms. The number of hydrogen-bond acceptors (Lipinski definition) is 1. The van der Waals surface area contributed by atoms with E-state index in [0.29, 0.717) is 28.1 Å². The third-order valence-corrected chi connectivity index (χ3v) is 17.5. The molecule has 0 amide bonds. The molecule has 5 unspecified atom stereocenters. The van der Waals surface area contributed by atoms with Crippen molar-refractivity contribution in [2.24, 2.45) is 69.5 Å². The van der Waals surface area contributed by atoms with Crippen molar-refractivity contribution in [2.45, 2.75) is 310 Å². The van der Waals surface area contributed by atoms with E-state index in [0.717, 1.165) is 54.6 Å². The third kappa shape index (κ3) is 24.1. The summed E-state index contributed by atoms with van der Waals surface area (Å²) in [6.45, 7) is 44.4. The first-order valence-corrected chi connectivity index (χ1v) is 29.0. The summed E-state index contributed by atoms with van der Waals surface area (Å²) in [5, 5.41) is 0. The molecule has 0 aliphatic carbocycles. The zero-order valence-corrected chi connectivity index (χ0v) is 46.7. The van der Waals surface area contributed by atoms with E-state index in [1.54, 1.807) is 0 Å². The van der Waals surface area contributed by atoms with E-state index >= 15 is 0 Å². The van der Waals surface area contributed by atoms with Crippen LogP contribution in [-0.4, -0.2) is 13.2 Å². The predicted octanol–water partition coefficient (Wildman–Crippen LogP) is 21.5. The van der Waals surface area contributed by atoms with Crippen molar-refractivity contribution in [1.29, 1.82) is 0 Å². The standard InChI is InChI=1S/C61H124O/c1-18-59(19-2,48-49-62-20-3)60(45-28-23-25-35-51(6)7,61(53(10)11,54(12)13)47-29-22-21-24-34-50(4)5)46-33-44-58(17)43-32-41-56(15)38-27-26-37-55(14)40-31-42-57(16)39-30-36-52(8)9/h50-58H,18-49H2,1-17H3. The number of unbranched alkanes of at least 4 members (excludes halogenated alkanes) is 6. The maximum atomic E-state index is 6.32. The van der Waals surface area contributed by atoms with Crippen molar-refractivity contribution in [1.82, 2.24) is 0 Å². The molecule has 1 nitrogen and oxygen atoms in total. The SMILES string of the molecule is CCOCCC(CC)(CC)C(CCCCCC(C)C)(CCCC(C)CCCC(C)CCCCC(C)CCCC(C)CCCC(C)C)C(CCCCCCC(C)C)(C(C)C)C(C)C. The molecule has 62 heavy (non-hydrogen) atoms. The van der Waals surface area contributed by atoms with E-state index < -0.39 is 0 Å². The number of rotatable bonds is 44. The van der Waals surface area contributed by atoms with E-state index in [4.69, 9.17) is 4.74 Å². The topological polar surface area (TPSA) is 9.23 Å². The molecule has 0 bridgehead atoms. The molecule has 0 radical (unpaired) electrons. The lowest BCUT2D eigenvalue weighted by Crippen LogP contribution is -2.58. The van der Waals surface area contributed by atoms with Crippen molar-refractivity contribution in [3.8, 4) is 0 Å². The fourth-order valence-corrected chi connectivity index (χ4v) is 13.4. The van der Waals surface area contributed by atoms with Gasteiger partial charge in [-0.1, -0.05) is 265 Å². The van der Waals surface area contributed by atoms with Crippen molar-refractivity contribution in [3.63, 3.8) is 0 Å². The van der Waals surface area contributed by atoms with E-state index in [9.17, 15) is 0 Å². The fourth-order valence-electron chi connectivity index (χ4n) is 13.4. The molecular weight excluding hydrogens is 749 g/mol. The van der Waals surface area contributed by atoms with Crippen LogP contribution in [0.3, 0.4) is 0 Å². The summed E-state index contributed by atoms with van der Waals surface area (Å²) in [5.41, 5.74) is 0.980. The Morgan fingerprint density at radius 1 is 0.323 bits per heavy atom. The molecule has 0 saturated heterocycles. The Morgan fingerprint density at radius 2 is 0.645 bits per heavy atom. The summed E-state index contributed by atoms with van der Waals surface area (Å²) in [6, 6.07) is 0. The Balaban J connectivity index is 5.86. The molecule has 0 rings (SSSR count). The highest BCUT2D eigenvalue weighted by molar-refractivity contribution is 5.10. The second-order valence-corrected chi connectivity index (χ2v) is 24.5. The van der Waals surface area contributed by atoms with Gasteiger partial charge in [-0.05, 0) is 115 Å². The van der Waals surface area contributed by atoms with Crippen LogP contribution < -0.4 is 0 Å². The van der Waals surface area contributed by atoms with Crippen LogP contribution in [0, 0.1) is 69.5 Å². The van der Waals surface area contributed by atoms with Gasteiger partial charge in [-0.3, -0.25) is 0 Å². The molecule has 0 aliphatic rings. The van der Waals surface area contributed by atoms with Crippen LogP contribution in [0.4, 0.5) is 0 Å². The molecule has 0 saturated carbocycles. The Labute approximate surface area is 396 Å². The highest BCUT2D eigenvalue weighted by atomic mass is 16.5. The molecule has 0 heterocycles. The number of ether oxygens (including phenoxy) is 1. The first-order chi connectivity index (χ1) is 29.4. The third-order valence-electron chi connectivity index (χ3n) is 17.5. The van der Waals surface area contributed by atoms with Gasteiger partial charge in [0.15, 0.2) is 0 Å². The minimum atomic E-state index is 0.314. The van der Waals surface area contributed by atoms with Crippen LogP contribution in [0.15, 0.2) is 0 Å². The van der Waals surface area contributed by atoms with Gasteiger partial charge in [-0.15, -0.1) is 0 Å². The molecule has 0 N–H and O–H groups in total.